The number of ether oxygens (including phenoxy) is 1. The maximum Gasteiger partial charge on any atom is 0.407 e. The van der Waals surface area contributed by atoms with E-state index < -0.39 is 42.1 Å². The Labute approximate surface area is 206 Å². The first kappa shape index (κ1) is 24.5. The molecule has 5 rings (SSSR count). The highest BCUT2D eigenvalue weighted by Crippen LogP contribution is 2.42. The molecule has 36 heavy (non-hydrogen) atoms. The van der Waals surface area contributed by atoms with Gasteiger partial charge in [-0.2, -0.15) is 0 Å². The fourth-order valence-electron chi connectivity index (χ4n) is 5.20. The van der Waals surface area contributed by atoms with E-state index in [1.807, 2.05) is 41.8 Å². The van der Waals surface area contributed by atoms with Gasteiger partial charge in [0.25, 0.3) is 0 Å². The first-order chi connectivity index (χ1) is 17.1. The number of rotatable bonds is 6. The summed E-state index contributed by atoms with van der Waals surface area (Å²) in [6, 6.07) is 10.5. The van der Waals surface area contributed by atoms with Crippen molar-refractivity contribution in [3.8, 4) is 5.75 Å². The lowest BCUT2D eigenvalue weighted by molar-refractivity contribution is 0.00857. The van der Waals surface area contributed by atoms with E-state index in [0.29, 0.717) is 12.2 Å². The van der Waals surface area contributed by atoms with Gasteiger partial charge < -0.3 is 24.4 Å². The van der Waals surface area contributed by atoms with Gasteiger partial charge >= 0.3 is 6.09 Å². The van der Waals surface area contributed by atoms with Crippen molar-refractivity contribution in [3.05, 3.63) is 65.4 Å². The largest absolute Gasteiger partial charge is 0.487 e. The highest BCUT2D eigenvalue weighted by molar-refractivity contribution is 5.82. The number of likely N-dealkylation sites (tertiary alicyclic amines) is 1. The number of carbonyl (C=O) groups is 1. The van der Waals surface area contributed by atoms with Crippen LogP contribution in [0.15, 0.2) is 42.5 Å². The minimum atomic E-state index is -1.98. The van der Waals surface area contributed by atoms with Crippen LogP contribution in [-0.4, -0.2) is 74.7 Å². The molecule has 0 spiro atoms. The zero-order valence-electron chi connectivity index (χ0n) is 20.0. The number of amides is 1. The Bertz CT molecular complexity index is 1280. The van der Waals surface area contributed by atoms with Crippen molar-refractivity contribution in [2.75, 3.05) is 26.2 Å². The van der Waals surface area contributed by atoms with Crippen LogP contribution in [0.5, 0.6) is 5.75 Å². The van der Waals surface area contributed by atoms with E-state index in [1.54, 1.807) is 4.90 Å². The van der Waals surface area contributed by atoms with Gasteiger partial charge in [0, 0.05) is 48.0 Å². The van der Waals surface area contributed by atoms with Crippen LogP contribution in [0.25, 0.3) is 10.9 Å². The number of carboxylic acid groups (broad SMARTS) is 1. The standard InChI is InChI=1S/C26H28F3N3O4/c1-15-10-31-21-6-4-3-5-16(21)7-22(31)24(32(15)13-26(2,29)14-33)23-19(27)8-17(9-20(23)28)36-18-11-30(12-18)25(34)35/h3-9,15,18,24,33H,10-14H2,1-2H3,(H,34,35). The highest BCUT2D eigenvalue weighted by atomic mass is 19.1. The lowest BCUT2D eigenvalue weighted by Gasteiger charge is -2.44. The Morgan fingerprint density at radius 3 is 2.44 bits per heavy atom. The molecule has 3 heterocycles. The average Bonchev–Trinajstić information content (AvgIpc) is 3.15. The van der Waals surface area contributed by atoms with E-state index >= 15 is 13.2 Å². The molecule has 3 unspecified atom stereocenters. The van der Waals surface area contributed by atoms with Crippen molar-refractivity contribution < 1.29 is 32.9 Å². The van der Waals surface area contributed by atoms with Crippen LogP contribution < -0.4 is 4.74 Å². The van der Waals surface area contributed by atoms with Crippen molar-refractivity contribution in [2.24, 2.45) is 0 Å². The third-order valence-electron chi connectivity index (χ3n) is 7.06. The monoisotopic (exact) mass is 503 g/mol. The van der Waals surface area contributed by atoms with E-state index in [9.17, 15) is 9.90 Å². The molecule has 2 aliphatic rings. The second-order valence-electron chi connectivity index (χ2n) is 9.96. The van der Waals surface area contributed by atoms with Crippen molar-refractivity contribution in [1.82, 2.24) is 14.4 Å². The molecule has 2 aliphatic heterocycles. The number of hydrogen-bond donors (Lipinski definition) is 2. The molecule has 2 aromatic carbocycles. The van der Waals surface area contributed by atoms with Gasteiger partial charge in [-0.25, -0.2) is 18.0 Å². The molecule has 0 saturated carbocycles. The molecule has 2 N–H and O–H groups in total. The number of nitrogens with zero attached hydrogens (tertiary/aromatic N) is 3. The van der Waals surface area contributed by atoms with E-state index in [-0.39, 0.29) is 37.0 Å². The molecule has 10 heteroatoms. The smallest absolute Gasteiger partial charge is 0.407 e. The van der Waals surface area contributed by atoms with Crippen molar-refractivity contribution in [1.29, 1.82) is 0 Å². The molecule has 1 fully saturated rings. The molecule has 0 radical (unpaired) electrons. The highest BCUT2D eigenvalue weighted by Gasteiger charge is 2.41. The Kier molecular flexibility index (Phi) is 6.12. The van der Waals surface area contributed by atoms with E-state index in [2.05, 4.69) is 0 Å². The van der Waals surface area contributed by atoms with Gasteiger partial charge in [-0.3, -0.25) is 4.90 Å². The van der Waals surface area contributed by atoms with Gasteiger partial charge in [-0.1, -0.05) is 18.2 Å². The van der Waals surface area contributed by atoms with Gasteiger partial charge in [0.15, 0.2) is 0 Å². The minimum absolute atomic E-state index is 0.0366. The molecule has 3 aromatic rings. The minimum Gasteiger partial charge on any atom is -0.487 e. The van der Waals surface area contributed by atoms with Crippen molar-refractivity contribution in [3.63, 3.8) is 0 Å². The Morgan fingerprint density at radius 1 is 1.14 bits per heavy atom. The van der Waals surface area contributed by atoms with Crippen LogP contribution in [-0.2, 0) is 6.54 Å². The predicted octanol–water partition coefficient (Wildman–Crippen LogP) is 4.17. The molecular formula is C26H28F3N3O4. The number of fused-ring (bicyclic) bond motifs is 3. The van der Waals surface area contributed by atoms with Crippen LogP contribution in [0.4, 0.5) is 18.0 Å². The lowest BCUT2D eigenvalue weighted by Crippen LogP contribution is -2.55. The topological polar surface area (TPSA) is 78.2 Å². The number of para-hydroxylation sites is 1. The molecular weight excluding hydrogens is 475 g/mol. The average molecular weight is 504 g/mol. The number of aromatic nitrogens is 1. The van der Waals surface area contributed by atoms with Gasteiger partial charge in [-0.05, 0) is 31.4 Å². The number of alkyl halides is 1. The fourth-order valence-corrected chi connectivity index (χ4v) is 5.20. The van der Waals surface area contributed by atoms with Crippen LogP contribution in [0.1, 0.15) is 31.1 Å². The van der Waals surface area contributed by atoms with E-state index in [1.165, 1.54) is 6.92 Å². The summed E-state index contributed by atoms with van der Waals surface area (Å²) in [5.74, 6) is -1.72. The summed E-state index contributed by atoms with van der Waals surface area (Å²) in [5.41, 5.74) is -0.655. The van der Waals surface area contributed by atoms with Gasteiger partial charge in [0.1, 0.15) is 29.2 Å². The summed E-state index contributed by atoms with van der Waals surface area (Å²) in [6.07, 6.45) is -1.57. The number of benzene rings is 2. The third kappa shape index (κ3) is 4.28. The van der Waals surface area contributed by atoms with Gasteiger partial charge in [0.2, 0.25) is 0 Å². The first-order valence-electron chi connectivity index (χ1n) is 11.8. The van der Waals surface area contributed by atoms with Crippen molar-refractivity contribution in [2.45, 2.75) is 44.2 Å². The van der Waals surface area contributed by atoms with Crippen LogP contribution >= 0.6 is 0 Å². The molecule has 192 valence electrons. The van der Waals surface area contributed by atoms with Crippen LogP contribution in [0, 0.1) is 11.6 Å². The summed E-state index contributed by atoms with van der Waals surface area (Å²) >= 11 is 0. The second kappa shape index (κ2) is 9.01. The molecule has 0 aliphatic carbocycles. The Hall–Kier alpha value is -3.24. The summed E-state index contributed by atoms with van der Waals surface area (Å²) < 4.78 is 53.9. The Morgan fingerprint density at radius 2 is 1.81 bits per heavy atom. The first-order valence-corrected chi connectivity index (χ1v) is 11.8. The van der Waals surface area contributed by atoms with Crippen LogP contribution in [0.2, 0.25) is 0 Å². The summed E-state index contributed by atoms with van der Waals surface area (Å²) in [7, 11) is 0. The molecule has 1 aromatic heterocycles. The zero-order valence-corrected chi connectivity index (χ0v) is 20.0. The fraction of sp³-hybridized carbons (Fsp3) is 0.423. The second-order valence-corrected chi connectivity index (χ2v) is 9.96. The van der Waals surface area contributed by atoms with E-state index in [4.69, 9.17) is 9.84 Å². The summed E-state index contributed by atoms with van der Waals surface area (Å²) in [4.78, 5) is 13.8. The molecule has 0 bridgehead atoms. The number of halogens is 3. The predicted molar refractivity (Wildman–Crippen MR) is 127 cm³/mol. The summed E-state index contributed by atoms with van der Waals surface area (Å²) in [6.45, 7) is 2.92. The summed E-state index contributed by atoms with van der Waals surface area (Å²) in [5, 5.41) is 19.4. The molecule has 1 saturated heterocycles. The zero-order chi connectivity index (χ0) is 25.8. The SMILES string of the molecule is CC1Cn2c(cc3ccccc32)C(c2c(F)cc(OC3CN(C(=O)O)C3)cc2F)N1CC(C)(F)CO. The van der Waals surface area contributed by atoms with Gasteiger partial charge in [0.05, 0.1) is 25.7 Å². The number of hydrogen-bond acceptors (Lipinski definition) is 4. The maximum atomic E-state index is 15.6. The third-order valence-corrected chi connectivity index (χ3v) is 7.06. The Balaban J connectivity index is 1.56. The van der Waals surface area contributed by atoms with Crippen LogP contribution in [0.3, 0.4) is 0 Å². The molecule has 7 nitrogen and oxygen atoms in total. The number of aliphatic hydroxyl groups is 1. The maximum absolute atomic E-state index is 15.6. The quantitative estimate of drug-likeness (QED) is 0.528. The molecule has 1 amide bonds. The molecule has 3 atom stereocenters. The van der Waals surface area contributed by atoms with Crippen molar-refractivity contribution >= 4 is 17.0 Å². The van der Waals surface area contributed by atoms with Gasteiger partial charge in [-0.15, -0.1) is 0 Å². The normalized spacial score (nSPS) is 22.2. The van der Waals surface area contributed by atoms with E-state index in [0.717, 1.165) is 27.9 Å². The lowest BCUT2D eigenvalue weighted by atomic mass is 9.94. The number of aliphatic hydroxyl groups excluding tert-OH is 1.